The van der Waals surface area contributed by atoms with E-state index in [1.165, 1.54) is 0 Å². The van der Waals surface area contributed by atoms with Gasteiger partial charge in [-0.1, -0.05) is 31.1 Å². The van der Waals surface area contributed by atoms with Crippen molar-refractivity contribution in [2.24, 2.45) is 0 Å². The van der Waals surface area contributed by atoms with E-state index in [-0.39, 0.29) is 11.7 Å². The maximum absolute atomic E-state index is 13.0. The average molecular weight is 485 g/mol. The van der Waals surface area contributed by atoms with Gasteiger partial charge in [0, 0.05) is 36.5 Å². The summed E-state index contributed by atoms with van der Waals surface area (Å²) in [5.41, 5.74) is 3.90. The molecule has 0 radical (unpaired) electrons. The van der Waals surface area contributed by atoms with Crippen LogP contribution in [-0.2, 0) is 24.4 Å². The normalized spacial score (nSPS) is 16.3. The number of likely N-dealkylation sites (tertiary alicyclic amines) is 1. The molecule has 1 aromatic carbocycles. The molecule has 2 aliphatic rings. The van der Waals surface area contributed by atoms with Crippen molar-refractivity contribution < 1.29 is 14.7 Å². The first-order valence-electron chi connectivity index (χ1n) is 12.9. The Labute approximate surface area is 207 Å². The Morgan fingerprint density at radius 1 is 1.14 bits per heavy atom. The highest BCUT2D eigenvalue weighted by atomic mass is 17.1. The maximum Gasteiger partial charge on any atom is 0.258 e. The minimum absolute atomic E-state index is 0.0602. The predicted molar refractivity (Wildman–Crippen MR) is 138 cm³/mol. The molecule has 0 atom stereocenters. The van der Waals surface area contributed by atoms with Gasteiger partial charge in [0.25, 0.3) is 5.56 Å². The molecule has 0 bridgehead atoms. The number of nitrogens with zero attached hydrogens (tertiary/aromatic N) is 4. The van der Waals surface area contributed by atoms with E-state index in [1.54, 1.807) is 13.8 Å². The van der Waals surface area contributed by atoms with Gasteiger partial charge in [0.2, 0.25) is 0 Å². The molecule has 0 saturated carbocycles. The minimum Gasteiger partial charge on any atom is -0.356 e. The lowest BCUT2D eigenvalue weighted by Crippen LogP contribution is -2.38. The lowest BCUT2D eigenvalue weighted by molar-refractivity contribution is -0.269. The molecular weight excluding hydrogens is 444 g/mol. The summed E-state index contributed by atoms with van der Waals surface area (Å²) in [5, 5.41) is 13.1. The van der Waals surface area contributed by atoms with Gasteiger partial charge in [0.1, 0.15) is 5.82 Å². The summed E-state index contributed by atoms with van der Waals surface area (Å²) in [4.78, 5) is 23.9. The number of piperidine rings is 1. The third-order valence-electron chi connectivity index (χ3n) is 6.55. The fourth-order valence-corrected chi connectivity index (χ4v) is 4.70. The molecule has 1 N–H and O–H groups in total. The highest BCUT2D eigenvalue weighted by Gasteiger charge is 2.26. The number of fused-ring (bicyclic) bond motifs is 2. The van der Waals surface area contributed by atoms with Gasteiger partial charge in [-0.05, 0) is 71.7 Å². The van der Waals surface area contributed by atoms with Gasteiger partial charge in [-0.3, -0.25) is 19.5 Å². The molecule has 1 fully saturated rings. The Hall–Kier alpha value is -2.55. The van der Waals surface area contributed by atoms with Crippen LogP contribution in [0.25, 0.3) is 11.0 Å². The van der Waals surface area contributed by atoms with Crippen LogP contribution in [0.3, 0.4) is 0 Å². The molecule has 8 heteroatoms. The van der Waals surface area contributed by atoms with Crippen molar-refractivity contribution in [2.75, 3.05) is 13.1 Å². The fraction of sp³-hybridized carbons (Fsp3) is 0.593. The van der Waals surface area contributed by atoms with Gasteiger partial charge in [-0.2, -0.15) is 0 Å². The topological polar surface area (TPSA) is 93.6 Å². The summed E-state index contributed by atoms with van der Waals surface area (Å²) in [6.07, 6.45) is 5.15. The Morgan fingerprint density at radius 2 is 1.83 bits per heavy atom. The van der Waals surface area contributed by atoms with Crippen molar-refractivity contribution in [2.45, 2.75) is 91.8 Å². The first kappa shape index (κ1) is 27.0. The van der Waals surface area contributed by atoms with E-state index >= 15 is 0 Å². The van der Waals surface area contributed by atoms with Gasteiger partial charge >= 0.3 is 0 Å². The van der Waals surface area contributed by atoms with E-state index < -0.39 is 0 Å². The molecule has 0 spiro atoms. The van der Waals surface area contributed by atoms with Gasteiger partial charge < -0.3 is 4.52 Å². The predicted octanol–water partition coefficient (Wildman–Crippen LogP) is 5.32. The molecule has 5 rings (SSSR count). The molecule has 1 saturated heterocycles. The highest BCUT2D eigenvalue weighted by molar-refractivity contribution is 5.79. The van der Waals surface area contributed by atoms with E-state index in [0.717, 1.165) is 85.5 Å². The Morgan fingerprint density at radius 3 is 2.51 bits per heavy atom. The fourth-order valence-electron chi connectivity index (χ4n) is 4.70. The van der Waals surface area contributed by atoms with E-state index in [0.29, 0.717) is 12.5 Å². The molecule has 35 heavy (non-hydrogen) atoms. The van der Waals surface area contributed by atoms with Gasteiger partial charge in [-0.25, -0.2) is 9.87 Å². The zero-order chi connectivity index (χ0) is 25.4. The second-order valence-electron chi connectivity index (χ2n) is 9.27. The molecule has 4 heterocycles. The number of benzene rings is 1. The molecule has 0 unspecified atom stereocenters. The van der Waals surface area contributed by atoms with E-state index in [1.807, 2.05) is 43.5 Å². The average Bonchev–Trinajstić information content (AvgIpc) is 3.33. The maximum atomic E-state index is 13.0. The molecule has 2 aliphatic heterocycles. The second kappa shape index (κ2) is 13.0. The molecule has 8 nitrogen and oxygen atoms in total. The SMILES string of the molecule is CC.CC(C)OO.Cc1nc2n(c(=O)c1CN1CCC(c3noc4ccccc34)CC1)CCCC2. The number of aromatic nitrogens is 3. The van der Waals surface area contributed by atoms with Crippen molar-refractivity contribution in [3.63, 3.8) is 0 Å². The summed E-state index contributed by atoms with van der Waals surface area (Å²) >= 11 is 0. The minimum atomic E-state index is -0.0602. The number of aryl methyl sites for hydroxylation is 2. The third-order valence-corrected chi connectivity index (χ3v) is 6.55. The number of hydrogen-bond donors (Lipinski definition) is 1. The summed E-state index contributed by atoms with van der Waals surface area (Å²) in [6.45, 7) is 12.9. The Balaban J connectivity index is 0.000000438. The van der Waals surface area contributed by atoms with Crippen LogP contribution < -0.4 is 5.56 Å². The van der Waals surface area contributed by atoms with E-state index in [9.17, 15) is 4.79 Å². The van der Waals surface area contributed by atoms with Gasteiger partial charge in [-0.15, -0.1) is 0 Å². The lowest BCUT2D eigenvalue weighted by Gasteiger charge is -2.31. The van der Waals surface area contributed by atoms with E-state index in [2.05, 4.69) is 21.0 Å². The number of hydrogen-bond acceptors (Lipinski definition) is 7. The number of para-hydroxylation sites is 1. The van der Waals surface area contributed by atoms with Crippen molar-refractivity contribution in [3.05, 3.63) is 57.4 Å². The Bertz CT molecular complexity index is 1130. The number of rotatable bonds is 4. The first-order valence-corrected chi connectivity index (χ1v) is 12.9. The zero-order valence-corrected chi connectivity index (χ0v) is 21.8. The molecule has 0 amide bonds. The summed E-state index contributed by atoms with van der Waals surface area (Å²) in [6, 6.07) is 8.09. The van der Waals surface area contributed by atoms with Crippen LogP contribution in [0.4, 0.5) is 0 Å². The second-order valence-corrected chi connectivity index (χ2v) is 9.27. The van der Waals surface area contributed by atoms with Crippen molar-refractivity contribution in [3.8, 4) is 0 Å². The molecular formula is C27H40N4O4. The summed E-state index contributed by atoms with van der Waals surface area (Å²) in [5.74, 6) is 1.39. The summed E-state index contributed by atoms with van der Waals surface area (Å²) in [7, 11) is 0. The van der Waals surface area contributed by atoms with E-state index in [4.69, 9.17) is 14.8 Å². The smallest absolute Gasteiger partial charge is 0.258 e. The molecule has 2 aromatic heterocycles. The monoisotopic (exact) mass is 484 g/mol. The van der Waals surface area contributed by atoms with Crippen LogP contribution in [0, 0.1) is 6.92 Å². The van der Waals surface area contributed by atoms with Crippen molar-refractivity contribution in [1.29, 1.82) is 0 Å². The van der Waals surface area contributed by atoms with Gasteiger partial charge in [0.15, 0.2) is 5.58 Å². The van der Waals surface area contributed by atoms with Crippen LogP contribution in [0.15, 0.2) is 33.6 Å². The van der Waals surface area contributed by atoms with Crippen LogP contribution >= 0.6 is 0 Å². The van der Waals surface area contributed by atoms with Crippen LogP contribution in [0.1, 0.15) is 82.1 Å². The van der Waals surface area contributed by atoms with Gasteiger partial charge in [0.05, 0.1) is 17.4 Å². The first-order chi connectivity index (χ1) is 17.0. The third kappa shape index (κ3) is 6.57. The standard InChI is InChI=1S/C22H26N4O2.C3H8O2.C2H6/c1-15-18(22(27)26-11-5-4-8-20(26)23-15)14-25-12-9-16(10-13-25)21-17-6-2-3-7-19(17)28-24-21;1-3(2)5-4;1-2/h2-3,6-7,16H,4-5,8-14H2,1H3;3-4H,1-2H3;1-2H3. The van der Waals surface area contributed by atoms with Crippen LogP contribution in [0.5, 0.6) is 0 Å². The summed E-state index contributed by atoms with van der Waals surface area (Å²) < 4.78 is 7.40. The highest BCUT2D eigenvalue weighted by Crippen LogP contribution is 2.32. The largest absolute Gasteiger partial charge is 0.356 e. The molecule has 192 valence electrons. The van der Waals surface area contributed by atoms with Crippen LogP contribution in [0.2, 0.25) is 0 Å². The van der Waals surface area contributed by atoms with Crippen molar-refractivity contribution >= 4 is 11.0 Å². The molecule has 0 aliphatic carbocycles. The quantitative estimate of drug-likeness (QED) is 0.396. The lowest BCUT2D eigenvalue weighted by atomic mass is 9.91. The zero-order valence-electron chi connectivity index (χ0n) is 21.8. The Kier molecular flexibility index (Phi) is 10.0. The van der Waals surface area contributed by atoms with Crippen LogP contribution in [-0.4, -0.2) is 44.1 Å². The molecule has 3 aromatic rings. The van der Waals surface area contributed by atoms with Crippen molar-refractivity contribution in [1.82, 2.24) is 19.6 Å².